The molecule has 7 nitrogen and oxygen atoms in total. The van der Waals surface area contributed by atoms with Crippen LogP contribution in [0.3, 0.4) is 0 Å². The number of carbonyl (C=O) groups is 1. The van der Waals surface area contributed by atoms with E-state index in [9.17, 15) is 4.79 Å². The lowest BCUT2D eigenvalue weighted by Gasteiger charge is -2.34. The molecular weight excluding hydrogens is 388 g/mol. The Morgan fingerprint density at radius 3 is 2.78 bits per heavy atom. The predicted octanol–water partition coefficient (Wildman–Crippen LogP) is 2.78. The number of hydrogen-bond acceptors (Lipinski definition) is 7. The zero-order valence-electron chi connectivity index (χ0n) is 16.2. The first-order valence-corrected chi connectivity index (χ1v) is 9.65. The second kappa shape index (κ2) is 9.14. The standard InChI is InChI=1S/C18H26N4O3S.ClH/c1-10-14-16(25-4)20-13(9-24-3)21-17(14)26-15(10)18(23)22-7-5-6-12(8-22)11(2)19;/h11-12H,5-9,19H2,1-4H3;1H. The first kappa shape index (κ1) is 21.8. The van der Waals surface area contributed by atoms with Crippen LogP contribution >= 0.6 is 23.7 Å². The average Bonchev–Trinajstić information content (AvgIpc) is 2.97. The number of likely N-dealkylation sites (tertiary alicyclic amines) is 1. The van der Waals surface area contributed by atoms with Gasteiger partial charge in [0, 0.05) is 26.2 Å². The Kier molecular flexibility index (Phi) is 7.39. The van der Waals surface area contributed by atoms with E-state index in [1.54, 1.807) is 14.2 Å². The van der Waals surface area contributed by atoms with Crippen LogP contribution in [0.25, 0.3) is 10.2 Å². The molecule has 2 aromatic rings. The number of aryl methyl sites for hydroxylation is 1. The van der Waals surface area contributed by atoms with Crippen molar-refractivity contribution < 1.29 is 14.3 Å². The Morgan fingerprint density at radius 2 is 2.15 bits per heavy atom. The molecule has 2 unspecified atom stereocenters. The van der Waals surface area contributed by atoms with Gasteiger partial charge in [-0.05, 0) is 38.2 Å². The van der Waals surface area contributed by atoms with Gasteiger partial charge in [0.2, 0.25) is 5.88 Å². The van der Waals surface area contributed by atoms with Crippen molar-refractivity contribution in [3.05, 3.63) is 16.3 Å². The van der Waals surface area contributed by atoms with Crippen LogP contribution in [0, 0.1) is 12.8 Å². The number of hydrogen-bond donors (Lipinski definition) is 1. The summed E-state index contributed by atoms with van der Waals surface area (Å²) in [6.07, 6.45) is 2.07. The molecule has 0 aromatic carbocycles. The van der Waals surface area contributed by atoms with Crippen molar-refractivity contribution in [3.63, 3.8) is 0 Å². The molecule has 0 bridgehead atoms. The maximum Gasteiger partial charge on any atom is 0.264 e. The minimum Gasteiger partial charge on any atom is -0.480 e. The van der Waals surface area contributed by atoms with Gasteiger partial charge in [0.25, 0.3) is 5.91 Å². The van der Waals surface area contributed by atoms with E-state index in [0.29, 0.717) is 35.7 Å². The van der Waals surface area contributed by atoms with E-state index in [-0.39, 0.29) is 24.4 Å². The Hall–Kier alpha value is -1.48. The molecule has 1 amide bonds. The van der Waals surface area contributed by atoms with Crippen molar-refractivity contribution >= 4 is 39.9 Å². The highest BCUT2D eigenvalue weighted by molar-refractivity contribution is 7.20. The fourth-order valence-electron chi connectivity index (χ4n) is 3.46. The maximum atomic E-state index is 13.2. The smallest absolute Gasteiger partial charge is 0.264 e. The molecule has 3 heterocycles. The number of piperidine rings is 1. The van der Waals surface area contributed by atoms with Gasteiger partial charge in [-0.2, -0.15) is 4.98 Å². The van der Waals surface area contributed by atoms with Gasteiger partial charge < -0.3 is 20.1 Å². The summed E-state index contributed by atoms with van der Waals surface area (Å²) < 4.78 is 10.6. The zero-order chi connectivity index (χ0) is 18.8. The number of halogens is 1. The van der Waals surface area contributed by atoms with Crippen LogP contribution in [0.1, 0.15) is 40.8 Å². The summed E-state index contributed by atoms with van der Waals surface area (Å²) in [6, 6.07) is 0.0941. The number of rotatable bonds is 5. The number of carbonyl (C=O) groups excluding carboxylic acids is 1. The highest BCUT2D eigenvalue weighted by atomic mass is 35.5. The summed E-state index contributed by atoms with van der Waals surface area (Å²) in [5, 5.41) is 0.807. The second-order valence-electron chi connectivity index (χ2n) is 6.83. The zero-order valence-corrected chi connectivity index (χ0v) is 17.8. The van der Waals surface area contributed by atoms with Crippen molar-refractivity contribution in [2.75, 3.05) is 27.3 Å². The average molecular weight is 415 g/mol. The van der Waals surface area contributed by atoms with E-state index in [1.165, 1.54) is 11.3 Å². The minimum absolute atomic E-state index is 0. The van der Waals surface area contributed by atoms with Crippen molar-refractivity contribution in [3.8, 4) is 5.88 Å². The third-order valence-electron chi connectivity index (χ3n) is 4.95. The van der Waals surface area contributed by atoms with E-state index in [2.05, 4.69) is 9.97 Å². The molecule has 1 saturated heterocycles. The van der Waals surface area contributed by atoms with Gasteiger partial charge in [0.05, 0.1) is 17.4 Å². The molecule has 1 fully saturated rings. The topological polar surface area (TPSA) is 90.6 Å². The summed E-state index contributed by atoms with van der Waals surface area (Å²) in [5.41, 5.74) is 6.93. The Labute approximate surface area is 169 Å². The normalized spacial score (nSPS) is 18.3. The summed E-state index contributed by atoms with van der Waals surface area (Å²) >= 11 is 1.40. The Morgan fingerprint density at radius 1 is 1.41 bits per heavy atom. The Balaban J connectivity index is 0.00000261. The van der Waals surface area contributed by atoms with E-state index in [4.69, 9.17) is 15.2 Å². The first-order valence-electron chi connectivity index (χ1n) is 8.84. The number of thiophene rings is 1. The molecule has 2 aromatic heterocycles. The van der Waals surface area contributed by atoms with Gasteiger partial charge in [-0.1, -0.05) is 0 Å². The summed E-state index contributed by atoms with van der Waals surface area (Å²) in [4.78, 5) is 25.5. The van der Waals surface area contributed by atoms with E-state index in [0.717, 1.165) is 35.2 Å². The number of fused-ring (bicyclic) bond motifs is 1. The fraction of sp³-hybridized carbons (Fsp3) is 0.611. The molecule has 0 radical (unpaired) electrons. The van der Waals surface area contributed by atoms with Gasteiger partial charge in [-0.15, -0.1) is 23.7 Å². The van der Waals surface area contributed by atoms with Gasteiger partial charge in [-0.3, -0.25) is 4.79 Å². The number of nitrogens with zero attached hydrogens (tertiary/aromatic N) is 3. The van der Waals surface area contributed by atoms with Crippen LogP contribution < -0.4 is 10.5 Å². The van der Waals surface area contributed by atoms with Crippen molar-refractivity contribution in [2.45, 2.75) is 39.3 Å². The molecule has 9 heteroatoms. The largest absolute Gasteiger partial charge is 0.480 e. The SMILES string of the molecule is COCc1nc(OC)c2c(C)c(C(=O)N3CCCC(C(C)N)C3)sc2n1.Cl. The number of nitrogens with two attached hydrogens (primary N) is 1. The molecule has 0 saturated carbocycles. The van der Waals surface area contributed by atoms with E-state index < -0.39 is 0 Å². The monoisotopic (exact) mass is 414 g/mol. The molecule has 0 aliphatic carbocycles. The lowest BCUT2D eigenvalue weighted by molar-refractivity contribution is 0.0665. The molecule has 0 spiro atoms. The van der Waals surface area contributed by atoms with Crippen LogP contribution in [-0.2, 0) is 11.3 Å². The third kappa shape index (κ3) is 4.34. The van der Waals surface area contributed by atoms with Crippen LogP contribution in [0.2, 0.25) is 0 Å². The minimum atomic E-state index is 0. The third-order valence-corrected chi connectivity index (χ3v) is 6.13. The molecule has 2 atom stereocenters. The van der Waals surface area contributed by atoms with Crippen molar-refractivity contribution in [1.29, 1.82) is 0 Å². The first-order chi connectivity index (χ1) is 12.5. The van der Waals surface area contributed by atoms with Crippen LogP contribution in [0.4, 0.5) is 0 Å². The summed E-state index contributed by atoms with van der Waals surface area (Å²) in [5.74, 6) is 1.44. The molecule has 1 aliphatic rings. The summed E-state index contributed by atoms with van der Waals surface area (Å²) in [6.45, 7) is 5.73. The van der Waals surface area contributed by atoms with E-state index >= 15 is 0 Å². The van der Waals surface area contributed by atoms with Crippen molar-refractivity contribution in [1.82, 2.24) is 14.9 Å². The molecule has 27 heavy (non-hydrogen) atoms. The van der Waals surface area contributed by atoms with Gasteiger partial charge >= 0.3 is 0 Å². The van der Waals surface area contributed by atoms with Crippen LogP contribution in [0.15, 0.2) is 0 Å². The van der Waals surface area contributed by atoms with Gasteiger partial charge in [0.1, 0.15) is 11.4 Å². The number of ether oxygens (including phenoxy) is 2. The van der Waals surface area contributed by atoms with Crippen molar-refractivity contribution in [2.24, 2.45) is 11.7 Å². The number of aromatic nitrogens is 2. The van der Waals surface area contributed by atoms with Gasteiger partial charge in [-0.25, -0.2) is 4.98 Å². The lowest BCUT2D eigenvalue weighted by atomic mass is 9.92. The second-order valence-corrected chi connectivity index (χ2v) is 7.83. The van der Waals surface area contributed by atoms with E-state index in [1.807, 2.05) is 18.7 Å². The molecule has 2 N–H and O–H groups in total. The highest BCUT2D eigenvalue weighted by Gasteiger charge is 2.29. The molecule has 1 aliphatic heterocycles. The fourth-order valence-corrected chi connectivity index (χ4v) is 4.62. The molecular formula is C18H27ClN4O3S. The lowest BCUT2D eigenvalue weighted by Crippen LogP contribution is -2.45. The quantitative estimate of drug-likeness (QED) is 0.808. The highest BCUT2D eigenvalue weighted by Crippen LogP contribution is 2.36. The Bertz CT molecular complexity index is 811. The number of amides is 1. The molecule has 3 rings (SSSR count). The molecule has 150 valence electrons. The van der Waals surface area contributed by atoms with Crippen LogP contribution in [-0.4, -0.2) is 54.1 Å². The predicted molar refractivity (Wildman–Crippen MR) is 109 cm³/mol. The summed E-state index contributed by atoms with van der Waals surface area (Å²) in [7, 11) is 3.18. The van der Waals surface area contributed by atoms with Crippen LogP contribution in [0.5, 0.6) is 5.88 Å². The maximum absolute atomic E-state index is 13.2. The van der Waals surface area contributed by atoms with Gasteiger partial charge in [0.15, 0.2) is 5.82 Å². The number of methoxy groups -OCH3 is 2.